The highest BCUT2D eigenvalue weighted by Gasteiger charge is 2.18. The van der Waals surface area contributed by atoms with E-state index in [0.29, 0.717) is 0 Å². The van der Waals surface area contributed by atoms with Crippen molar-refractivity contribution in [1.82, 2.24) is 14.9 Å². The molecule has 3 aromatic rings. The summed E-state index contributed by atoms with van der Waals surface area (Å²) < 4.78 is 5.27. The summed E-state index contributed by atoms with van der Waals surface area (Å²) in [5, 5.41) is 0. The van der Waals surface area contributed by atoms with E-state index in [9.17, 15) is 0 Å². The molecule has 0 radical (unpaired) electrons. The molecular formula is C19H22N4O. The first-order chi connectivity index (χ1) is 11.8. The molecule has 5 heteroatoms. The lowest BCUT2D eigenvalue weighted by Crippen LogP contribution is -2.46. The zero-order valence-electron chi connectivity index (χ0n) is 13.9. The predicted molar refractivity (Wildman–Crippen MR) is 96.6 cm³/mol. The number of hydrogen-bond donors (Lipinski definition) is 1. The average molecular weight is 322 g/mol. The number of anilines is 1. The van der Waals surface area contributed by atoms with Crippen LogP contribution in [-0.2, 0) is 6.54 Å². The van der Waals surface area contributed by atoms with E-state index in [1.54, 1.807) is 7.11 Å². The Morgan fingerprint density at radius 1 is 1.04 bits per heavy atom. The number of aromatic amines is 1. The maximum absolute atomic E-state index is 5.27. The molecule has 0 bridgehead atoms. The van der Waals surface area contributed by atoms with Gasteiger partial charge in [-0.15, -0.1) is 0 Å². The number of para-hydroxylation sites is 1. The molecule has 1 aliphatic rings. The number of benzene rings is 2. The van der Waals surface area contributed by atoms with Crippen LogP contribution in [0.25, 0.3) is 11.0 Å². The van der Waals surface area contributed by atoms with Crippen LogP contribution in [0.4, 0.5) is 5.69 Å². The zero-order chi connectivity index (χ0) is 16.4. The van der Waals surface area contributed by atoms with E-state index in [4.69, 9.17) is 9.72 Å². The second-order valence-electron chi connectivity index (χ2n) is 6.17. The number of fused-ring (bicyclic) bond motifs is 1. The van der Waals surface area contributed by atoms with Gasteiger partial charge < -0.3 is 14.6 Å². The maximum Gasteiger partial charge on any atom is 0.121 e. The molecule has 0 unspecified atom stereocenters. The molecule has 0 spiro atoms. The highest BCUT2D eigenvalue weighted by atomic mass is 16.5. The fraction of sp³-hybridized carbons (Fsp3) is 0.316. The lowest BCUT2D eigenvalue weighted by molar-refractivity contribution is 0.245. The van der Waals surface area contributed by atoms with Crippen molar-refractivity contribution in [3.05, 3.63) is 54.4 Å². The third-order valence-corrected chi connectivity index (χ3v) is 4.61. The SMILES string of the molecule is COc1ccc2nc(CN3CCN(c4ccccc4)CC3)[nH]c2c1. The Kier molecular flexibility index (Phi) is 4.09. The summed E-state index contributed by atoms with van der Waals surface area (Å²) in [5.41, 5.74) is 3.34. The summed E-state index contributed by atoms with van der Waals surface area (Å²) in [6.45, 7) is 5.07. The topological polar surface area (TPSA) is 44.4 Å². The minimum absolute atomic E-state index is 0.856. The molecule has 0 aliphatic carbocycles. The van der Waals surface area contributed by atoms with Crippen molar-refractivity contribution in [3.63, 3.8) is 0 Å². The van der Waals surface area contributed by atoms with Crippen molar-refractivity contribution in [2.75, 3.05) is 38.2 Å². The first-order valence-electron chi connectivity index (χ1n) is 8.37. The highest BCUT2D eigenvalue weighted by molar-refractivity contribution is 5.76. The zero-order valence-corrected chi connectivity index (χ0v) is 13.9. The number of methoxy groups -OCH3 is 1. The van der Waals surface area contributed by atoms with Crippen molar-refractivity contribution < 1.29 is 4.74 Å². The average Bonchev–Trinajstić information content (AvgIpc) is 3.04. The number of nitrogens with one attached hydrogen (secondary N) is 1. The van der Waals surface area contributed by atoms with Crippen LogP contribution in [0.3, 0.4) is 0 Å². The van der Waals surface area contributed by atoms with Crippen LogP contribution in [0.15, 0.2) is 48.5 Å². The Labute approximate surface area is 141 Å². The number of piperazine rings is 1. The van der Waals surface area contributed by atoms with Crippen LogP contribution in [0, 0.1) is 0 Å². The molecular weight excluding hydrogens is 300 g/mol. The molecule has 124 valence electrons. The van der Waals surface area contributed by atoms with Crippen molar-refractivity contribution in [1.29, 1.82) is 0 Å². The largest absolute Gasteiger partial charge is 0.497 e. The standard InChI is InChI=1S/C19H22N4O/c1-24-16-7-8-17-18(13-16)21-19(20-17)14-22-9-11-23(12-10-22)15-5-3-2-4-6-15/h2-8,13H,9-12,14H2,1H3,(H,20,21). The molecule has 2 heterocycles. The van der Waals surface area contributed by atoms with Crippen LogP contribution < -0.4 is 9.64 Å². The van der Waals surface area contributed by atoms with Gasteiger partial charge in [0.05, 0.1) is 24.7 Å². The Morgan fingerprint density at radius 2 is 1.83 bits per heavy atom. The minimum Gasteiger partial charge on any atom is -0.497 e. The van der Waals surface area contributed by atoms with Crippen molar-refractivity contribution >= 4 is 16.7 Å². The number of hydrogen-bond acceptors (Lipinski definition) is 4. The number of H-pyrrole nitrogens is 1. The quantitative estimate of drug-likeness (QED) is 0.802. The Bertz CT molecular complexity index is 807. The van der Waals surface area contributed by atoms with E-state index >= 15 is 0 Å². The molecule has 1 aromatic heterocycles. The van der Waals surface area contributed by atoms with E-state index in [-0.39, 0.29) is 0 Å². The number of ether oxygens (including phenoxy) is 1. The van der Waals surface area contributed by atoms with Gasteiger partial charge in [-0.25, -0.2) is 4.98 Å². The van der Waals surface area contributed by atoms with Gasteiger partial charge in [0.25, 0.3) is 0 Å². The maximum atomic E-state index is 5.27. The van der Waals surface area contributed by atoms with Gasteiger partial charge in [0.1, 0.15) is 11.6 Å². The molecule has 0 amide bonds. The summed E-state index contributed by atoms with van der Waals surface area (Å²) in [4.78, 5) is 13.0. The summed E-state index contributed by atoms with van der Waals surface area (Å²) in [6.07, 6.45) is 0. The van der Waals surface area contributed by atoms with E-state index < -0.39 is 0 Å². The number of aromatic nitrogens is 2. The third kappa shape index (κ3) is 3.08. The normalized spacial score (nSPS) is 15.8. The summed E-state index contributed by atoms with van der Waals surface area (Å²) in [6, 6.07) is 16.6. The van der Waals surface area contributed by atoms with Gasteiger partial charge >= 0.3 is 0 Å². The van der Waals surface area contributed by atoms with Gasteiger partial charge in [-0.2, -0.15) is 0 Å². The fourth-order valence-corrected chi connectivity index (χ4v) is 3.26. The molecule has 4 rings (SSSR count). The van der Waals surface area contributed by atoms with Gasteiger partial charge in [0, 0.05) is 37.9 Å². The predicted octanol–water partition coefficient (Wildman–Crippen LogP) is 2.89. The highest BCUT2D eigenvalue weighted by Crippen LogP contribution is 2.20. The molecule has 2 aromatic carbocycles. The summed E-state index contributed by atoms with van der Waals surface area (Å²) in [7, 11) is 1.69. The van der Waals surface area contributed by atoms with Gasteiger partial charge in [0.15, 0.2) is 0 Å². The van der Waals surface area contributed by atoms with Gasteiger partial charge in [-0.05, 0) is 24.3 Å². The second kappa shape index (κ2) is 6.53. The van der Waals surface area contributed by atoms with Crippen LogP contribution in [0.2, 0.25) is 0 Å². The second-order valence-corrected chi connectivity index (χ2v) is 6.17. The number of nitrogens with zero attached hydrogens (tertiary/aromatic N) is 3. The third-order valence-electron chi connectivity index (χ3n) is 4.61. The molecule has 5 nitrogen and oxygen atoms in total. The van der Waals surface area contributed by atoms with Crippen LogP contribution >= 0.6 is 0 Å². The smallest absolute Gasteiger partial charge is 0.121 e. The Balaban J connectivity index is 1.40. The van der Waals surface area contributed by atoms with Crippen molar-refractivity contribution in [3.8, 4) is 5.75 Å². The first-order valence-corrected chi connectivity index (χ1v) is 8.37. The molecule has 0 atom stereocenters. The van der Waals surface area contributed by atoms with Gasteiger partial charge in [-0.1, -0.05) is 18.2 Å². The van der Waals surface area contributed by atoms with Crippen LogP contribution in [0.1, 0.15) is 5.82 Å². The van der Waals surface area contributed by atoms with Crippen molar-refractivity contribution in [2.45, 2.75) is 6.54 Å². The summed E-state index contributed by atoms with van der Waals surface area (Å²) >= 11 is 0. The molecule has 24 heavy (non-hydrogen) atoms. The number of imidazole rings is 1. The van der Waals surface area contributed by atoms with Gasteiger partial charge in [-0.3, -0.25) is 4.90 Å². The van der Waals surface area contributed by atoms with E-state index in [2.05, 4.69) is 45.1 Å². The van der Waals surface area contributed by atoms with Gasteiger partial charge in [0.2, 0.25) is 0 Å². The Hall–Kier alpha value is -2.53. The molecule has 1 aliphatic heterocycles. The van der Waals surface area contributed by atoms with E-state index in [1.165, 1.54) is 5.69 Å². The minimum atomic E-state index is 0.856. The van der Waals surface area contributed by atoms with E-state index in [1.807, 2.05) is 18.2 Å². The first kappa shape index (κ1) is 15.0. The molecule has 1 saturated heterocycles. The van der Waals surface area contributed by atoms with Crippen LogP contribution in [-0.4, -0.2) is 48.2 Å². The monoisotopic (exact) mass is 322 g/mol. The van der Waals surface area contributed by atoms with Crippen LogP contribution in [0.5, 0.6) is 5.75 Å². The Morgan fingerprint density at radius 3 is 2.58 bits per heavy atom. The van der Waals surface area contributed by atoms with E-state index in [0.717, 1.165) is 55.3 Å². The molecule has 1 fully saturated rings. The van der Waals surface area contributed by atoms with Crippen molar-refractivity contribution in [2.24, 2.45) is 0 Å². The molecule has 0 saturated carbocycles. The number of rotatable bonds is 4. The summed E-state index contributed by atoms with van der Waals surface area (Å²) in [5.74, 6) is 1.88. The lowest BCUT2D eigenvalue weighted by Gasteiger charge is -2.35. The lowest BCUT2D eigenvalue weighted by atomic mass is 10.2. The molecule has 1 N–H and O–H groups in total. The fourth-order valence-electron chi connectivity index (χ4n) is 3.26.